The molecule has 0 amide bonds. The summed E-state index contributed by atoms with van der Waals surface area (Å²) in [6.07, 6.45) is 5.30. The first-order chi connectivity index (χ1) is 7.24. The number of fused-ring (bicyclic) bond motifs is 1. The average molecular weight is 216 g/mol. The van der Waals surface area contributed by atoms with Crippen LogP contribution in [-0.2, 0) is 4.74 Å². The molecular weight excluding hydrogens is 208 g/mol. The van der Waals surface area contributed by atoms with Crippen molar-refractivity contribution in [3.8, 4) is 12.3 Å². The molecule has 74 valence electrons. The minimum Gasteiger partial charge on any atom is -0.465 e. The Kier molecular flexibility index (Phi) is 2.44. The van der Waals surface area contributed by atoms with Crippen LogP contribution in [0.2, 0.25) is 0 Å². The molecule has 0 N–H and O–H groups in total. The van der Waals surface area contributed by atoms with Gasteiger partial charge in [0.15, 0.2) is 0 Å². The Morgan fingerprint density at radius 1 is 1.47 bits per heavy atom. The van der Waals surface area contributed by atoms with Crippen molar-refractivity contribution in [1.82, 2.24) is 0 Å². The minimum atomic E-state index is -0.307. The number of carbonyl (C=O) groups excluding carboxylic acids is 1. The first-order valence-electron chi connectivity index (χ1n) is 4.33. The normalized spacial score (nSPS) is 9.87. The summed E-state index contributed by atoms with van der Waals surface area (Å²) in [5.74, 6) is 2.25. The van der Waals surface area contributed by atoms with Crippen LogP contribution in [0.25, 0.3) is 10.1 Å². The molecule has 0 aliphatic rings. The molecule has 15 heavy (non-hydrogen) atoms. The van der Waals surface area contributed by atoms with Gasteiger partial charge in [0.2, 0.25) is 0 Å². The Labute approximate surface area is 91.5 Å². The van der Waals surface area contributed by atoms with Gasteiger partial charge in [-0.2, -0.15) is 0 Å². The smallest absolute Gasteiger partial charge is 0.348 e. The van der Waals surface area contributed by atoms with Gasteiger partial charge in [0.1, 0.15) is 4.88 Å². The summed E-state index contributed by atoms with van der Waals surface area (Å²) in [5, 5.41) is 0.982. The number of benzene rings is 1. The van der Waals surface area contributed by atoms with Gasteiger partial charge in [0.25, 0.3) is 0 Å². The monoisotopic (exact) mass is 216 g/mol. The highest BCUT2D eigenvalue weighted by molar-refractivity contribution is 7.20. The summed E-state index contributed by atoms with van der Waals surface area (Å²) in [4.78, 5) is 11.9. The van der Waals surface area contributed by atoms with Gasteiger partial charge in [-0.05, 0) is 29.7 Å². The van der Waals surface area contributed by atoms with E-state index in [0.29, 0.717) is 4.88 Å². The van der Waals surface area contributed by atoms with Crippen LogP contribution < -0.4 is 0 Å². The molecule has 1 heterocycles. The summed E-state index contributed by atoms with van der Waals surface area (Å²) in [6.45, 7) is 0. The minimum absolute atomic E-state index is 0.307. The lowest BCUT2D eigenvalue weighted by Crippen LogP contribution is -1.96. The van der Waals surface area contributed by atoms with Gasteiger partial charge in [0.05, 0.1) is 7.11 Å². The van der Waals surface area contributed by atoms with E-state index < -0.39 is 0 Å². The number of hydrogen-bond acceptors (Lipinski definition) is 3. The quantitative estimate of drug-likeness (QED) is 0.541. The van der Waals surface area contributed by atoms with E-state index in [4.69, 9.17) is 6.42 Å². The first-order valence-corrected chi connectivity index (χ1v) is 5.15. The number of esters is 1. The molecule has 0 saturated heterocycles. The Morgan fingerprint density at radius 3 is 2.93 bits per heavy atom. The predicted molar refractivity (Wildman–Crippen MR) is 61.1 cm³/mol. The fourth-order valence-electron chi connectivity index (χ4n) is 1.33. The van der Waals surface area contributed by atoms with Crippen molar-refractivity contribution in [3.05, 3.63) is 34.7 Å². The molecule has 2 nitrogen and oxygen atoms in total. The third-order valence-corrected chi connectivity index (χ3v) is 3.17. The van der Waals surface area contributed by atoms with Crippen molar-refractivity contribution in [3.63, 3.8) is 0 Å². The number of hydrogen-bond donors (Lipinski definition) is 0. The highest BCUT2D eigenvalue weighted by Gasteiger charge is 2.09. The van der Waals surface area contributed by atoms with Gasteiger partial charge >= 0.3 is 5.97 Å². The lowest BCUT2D eigenvalue weighted by Gasteiger charge is -1.90. The van der Waals surface area contributed by atoms with E-state index in [2.05, 4.69) is 10.7 Å². The number of thiophene rings is 1. The van der Waals surface area contributed by atoms with Crippen molar-refractivity contribution in [2.24, 2.45) is 0 Å². The summed E-state index contributed by atoms with van der Waals surface area (Å²) in [5.41, 5.74) is 0.816. The van der Waals surface area contributed by atoms with Crippen LogP contribution in [0.15, 0.2) is 24.3 Å². The topological polar surface area (TPSA) is 26.3 Å². The Hall–Kier alpha value is -1.79. The van der Waals surface area contributed by atoms with E-state index in [0.717, 1.165) is 15.6 Å². The first kappa shape index (κ1) is 9.75. The summed E-state index contributed by atoms with van der Waals surface area (Å²) in [7, 11) is 1.37. The van der Waals surface area contributed by atoms with Gasteiger partial charge in [-0.3, -0.25) is 0 Å². The second-order valence-corrected chi connectivity index (χ2v) is 4.08. The highest BCUT2D eigenvalue weighted by atomic mass is 32.1. The van der Waals surface area contributed by atoms with Crippen LogP contribution >= 0.6 is 11.3 Å². The molecule has 1 aromatic carbocycles. The van der Waals surface area contributed by atoms with Crippen molar-refractivity contribution in [2.45, 2.75) is 0 Å². The average Bonchev–Trinajstić information content (AvgIpc) is 2.70. The van der Waals surface area contributed by atoms with Crippen LogP contribution in [-0.4, -0.2) is 13.1 Å². The van der Waals surface area contributed by atoms with Crippen LogP contribution in [0.1, 0.15) is 15.2 Å². The molecule has 2 rings (SSSR count). The standard InChI is InChI=1S/C12H8O2S/c1-3-8-4-5-10-9(6-8)7-11(15-10)12(13)14-2/h1,4-7H,2H3. The number of terminal acetylenes is 1. The molecule has 1 aromatic heterocycles. The summed E-state index contributed by atoms with van der Waals surface area (Å²) < 4.78 is 5.69. The zero-order valence-corrected chi connectivity index (χ0v) is 8.93. The zero-order chi connectivity index (χ0) is 10.8. The van der Waals surface area contributed by atoms with Gasteiger partial charge in [-0.1, -0.05) is 5.92 Å². The van der Waals surface area contributed by atoms with E-state index in [1.165, 1.54) is 18.4 Å². The number of methoxy groups -OCH3 is 1. The predicted octanol–water partition coefficient (Wildman–Crippen LogP) is 2.67. The molecule has 0 saturated carbocycles. The van der Waals surface area contributed by atoms with E-state index in [1.54, 1.807) is 6.07 Å². The third-order valence-electron chi connectivity index (χ3n) is 2.07. The number of ether oxygens (including phenoxy) is 1. The van der Waals surface area contributed by atoms with Crippen LogP contribution in [0, 0.1) is 12.3 Å². The molecule has 0 spiro atoms. The Morgan fingerprint density at radius 2 is 2.27 bits per heavy atom. The molecule has 0 aliphatic carbocycles. The lowest BCUT2D eigenvalue weighted by atomic mass is 10.2. The van der Waals surface area contributed by atoms with Crippen LogP contribution in [0.5, 0.6) is 0 Å². The fraction of sp³-hybridized carbons (Fsp3) is 0.0833. The van der Waals surface area contributed by atoms with Crippen LogP contribution in [0.4, 0.5) is 0 Å². The van der Waals surface area contributed by atoms with Gasteiger partial charge in [-0.25, -0.2) is 4.79 Å². The molecule has 0 fully saturated rings. The van der Waals surface area contributed by atoms with E-state index in [9.17, 15) is 4.79 Å². The second-order valence-electron chi connectivity index (χ2n) is 3.00. The molecule has 0 unspecified atom stereocenters. The third kappa shape index (κ3) is 1.72. The van der Waals surface area contributed by atoms with E-state index in [-0.39, 0.29) is 5.97 Å². The Bertz CT molecular complexity index is 560. The lowest BCUT2D eigenvalue weighted by molar-refractivity contribution is 0.0606. The largest absolute Gasteiger partial charge is 0.465 e. The fourth-order valence-corrected chi connectivity index (χ4v) is 2.30. The van der Waals surface area contributed by atoms with E-state index in [1.807, 2.05) is 18.2 Å². The maximum atomic E-state index is 11.3. The molecule has 0 bridgehead atoms. The van der Waals surface area contributed by atoms with Crippen molar-refractivity contribution >= 4 is 27.4 Å². The summed E-state index contributed by atoms with van der Waals surface area (Å²) in [6, 6.07) is 7.46. The molecule has 0 atom stereocenters. The molecule has 3 heteroatoms. The molecule has 0 radical (unpaired) electrons. The maximum Gasteiger partial charge on any atom is 0.348 e. The van der Waals surface area contributed by atoms with Crippen molar-refractivity contribution in [1.29, 1.82) is 0 Å². The van der Waals surface area contributed by atoms with Gasteiger partial charge in [0, 0.05) is 10.3 Å². The van der Waals surface area contributed by atoms with Crippen molar-refractivity contribution < 1.29 is 9.53 Å². The van der Waals surface area contributed by atoms with E-state index >= 15 is 0 Å². The highest BCUT2D eigenvalue weighted by Crippen LogP contribution is 2.26. The number of rotatable bonds is 1. The second kappa shape index (κ2) is 3.76. The molecule has 2 aromatic rings. The van der Waals surface area contributed by atoms with Crippen LogP contribution in [0.3, 0.4) is 0 Å². The SMILES string of the molecule is C#Cc1ccc2sc(C(=O)OC)cc2c1. The van der Waals surface area contributed by atoms with Crippen molar-refractivity contribution in [2.75, 3.05) is 7.11 Å². The molecule has 0 aliphatic heterocycles. The molecular formula is C12H8O2S. The Balaban J connectivity index is 2.57. The zero-order valence-electron chi connectivity index (χ0n) is 8.11. The summed E-state index contributed by atoms with van der Waals surface area (Å²) >= 11 is 1.41. The van der Waals surface area contributed by atoms with Gasteiger partial charge < -0.3 is 4.74 Å². The van der Waals surface area contributed by atoms with Gasteiger partial charge in [-0.15, -0.1) is 17.8 Å². The maximum absolute atomic E-state index is 11.3. The number of carbonyl (C=O) groups is 1.